The molecule has 0 aliphatic carbocycles. The summed E-state index contributed by atoms with van der Waals surface area (Å²) in [6, 6.07) is -0.651. The molecule has 0 spiro atoms. The van der Waals surface area contributed by atoms with Crippen molar-refractivity contribution >= 4 is 5.91 Å². The van der Waals surface area contributed by atoms with Crippen molar-refractivity contribution in [3.05, 3.63) is 0 Å². The van der Waals surface area contributed by atoms with Gasteiger partial charge in [-0.2, -0.15) is 0 Å². The van der Waals surface area contributed by atoms with E-state index in [0.29, 0.717) is 12.8 Å². The molecule has 3 atom stereocenters. The van der Waals surface area contributed by atoms with Crippen LogP contribution in [0.5, 0.6) is 0 Å². The number of hydrogen-bond acceptors (Lipinski definition) is 4. The largest absolute Gasteiger partial charge is 0.394 e. The van der Waals surface area contributed by atoms with Gasteiger partial charge in [0.2, 0.25) is 5.91 Å². The summed E-state index contributed by atoms with van der Waals surface area (Å²) in [6.07, 6.45) is 43.7. The zero-order chi connectivity index (χ0) is 35.2. The third-order valence-electron chi connectivity index (χ3n) is 10.4. The first-order valence-corrected chi connectivity index (χ1v) is 21.8. The highest BCUT2D eigenvalue weighted by atomic mass is 16.3. The SMILES string of the molecule is CCCCCCCCCCCCCCCCCCCCCCCCCC(O)C(CO)NC(=O)CC(O)CCCCCCCCCCCC. The van der Waals surface area contributed by atoms with Crippen LogP contribution in [0.15, 0.2) is 0 Å². The van der Waals surface area contributed by atoms with Gasteiger partial charge in [0.1, 0.15) is 0 Å². The van der Waals surface area contributed by atoms with Crippen LogP contribution < -0.4 is 5.32 Å². The Kier molecular flexibility index (Phi) is 38.6. The maximum Gasteiger partial charge on any atom is 0.222 e. The van der Waals surface area contributed by atoms with E-state index in [0.717, 1.165) is 25.7 Å². The molecule has 0 aromatic carbocycles. The van der Waals surface area contributed by atoms with E-state index in [9.17, 15) is 20.1 Å². The minimum atomic E-state index is -0.743. The van der Waals surface area contributed by atoms with E-state index in [2.05, 4.69) is 19.2 Å². The number of carbonyl (C=O) groups is 1. The van der Waals surface area contributed by atoms with Gasteiger partial charge in [-0.1, -0.05) is 226 Å². The molecule has 0 saturated carbocycles. The van der Waals surface area contributed by atoms with Crippen LogP contribution in [0.25, 0.3) is 0 Å². The van der Waals surface area contributed by atoms with Gasteiger partial charge in [-0.3, -0.25) is 4.79 Å². The number of carbonyl (C=O) groups excluding carboxylic acids is 1. The van der Waals surface area contributed by atoms with Crippen molar-refractivity contribution in [3.8, 4) is 0 Å². The molecular weight excluding hydrogens is 594 g/mol. The number of rotatable bonds is 40. The molecular formula is C43H87NO4. The lowest BCUT2D eigenvalue weighted by atomic mass is 10.0. The van der Waals surface area contributed by atoms with Crippen molar-refractivity contribution < 1.29 is 20.1 Å². The lowest BCUT2D eigenvalue weighted by Gasteiger charge is -2.23. The van der Waals surface area contributed by atoms with Gasteiger partial charge in [-0.05, 0) is 12.8 Å². The van der Waals surface area contributed by atoms with E-state index < -0.39 is 18.2 Å². The van der Waals surface area contributed by atoms with Crippen LogP contribution in [0, 0.1) is 0 Å². The molecule has 5 nitrogen and oxygen atoms in total. The highest BCUT2D eigenvalue weighted by molar-refractivity contribution is 5.76. The predicted molar refractivity (Wildman–Crippen MR) is 209 cm³/mol. The van der Waals surface area contributed by atoms with Gasteiger partial charge in [0.05, 0.1) is 31.3 Å². The minimum absolute atomic E-state index is 0.0418. The summed E-state index contributed by atoms with van der Waals surface area (Å²) in [7, 11) is 0. The molecule has 0 aliphatic rings. The summed E-state index contributed by atoms with van der Waals surface area (Å²) in [5.41, 5.74) is 0. The molecule has 5 heteroatoms. The number of aliphatic hydroxyl groups excluding tert-OH is 3. The van der Waals surface area contributed by atoms with Crippen molar-refractivity contribution in [2.75, 3.05) is 6.61 Å². The fourth-order valence-corrected chi connectivity index (χ4v) is 7.05. The van der Waals surface area contributed by atoms with Gasteiger partial charge in [0.25, 0.3) is 0 Å². The van der Waals surface area contributed by atoms with Gasteiger partial charge in [-0.25, -0.2) is 0 Å². The third-order valence-corrected chi connectivity index (χ3v) is 10.4. The van der Waals surface area contributed by atoms with E-state index in [4.69, 9.17) is 0 Å². The van der Waals surface area contributed by atoms with Gasteiger partial charge >= 0.3 is 0 Å². The number of aliphatic hydroxyl groups is 3. The first kappa shape index (κ1) is 47.4. The molecule has 3 unspecified atom stereocenters. The van der Waals surface area contributed by atoms with E-state index in [-0.39, 0.29) is 18.9 Å². The number of hydrogen-bond donors (Lipinski definition) is 4. The number of amides is 1. The fourth-order valence-electron chi connectivity index (χ4n) is 7.05. The monoisotopic (exact) mass is 682 g/mol. The van der Waals surface area contributed by atoms with Crippen molar-refractivity contribution in [1.29, 1.82) is 0 Å². The predicted octanol–water partition coefficient (Wildman–Crippen LogP) is 12.3. The molecule has 48 heavy (non-hydrogen) atoms. The van der Waals surface area contributed by atoms with Crippen LogP contribution in [0.1, 0.15) is 245 Å². The second kappa shape index (κ2) is 39.1. The molecule has 0 fully saturated rings. The molecule has 288 valence electrons. The molecule has 1 amide bonds. The second-order valence-electron chi connectivity index (χ2n) is 15.3. The maximum absolute atomic E-state index is 12.4. The van der Waals surface area contributed by atoms with Crippen LogP contribution in [0.3, 0.4) is 0 Å². The van der Waals surface area contributed by atoms with E-state index in [1.165, 1.54) is 186 Å². The Labute approximate surface area is 300 Å². The van der Waals surface area contributed by atoms with Crippen molar-refractivity contribution in [2.45, 2.75) is 263 Å². The molecule has 0 bridgehead atoms. The molecule has 4 N–H and O–H groups in total. The lowest BCUT2D eigenvalue weighted by molar-refractivity contribution is -0.125. The van der Waals surface area contributed by atoms with Crippen molar-refractivity contribution in [2.24, 2.45) is 0 Å². The Morgan fingerprint density at radius 3 is 1.00 bits per heavy atom. The summed E-state index contributed by atoms with van der Waals surface area (Å²) < 4.78 is 0. The standard InChI is InChI=1S/C43H87NO4/c1-3-5-7-9-11-13-15-16-17-18-19-20-21-22-23-24-25-26-27-29-31-33-35-37-42(47)41(39-45)44-43(48)38-40(46)36-34-32-30-28-14-12-10-8-6-4-2/h40-42,45-47H,3-39H2,1-2H3,(H,44,48). The molecule has 0 rings (SSSR count). The molecule has 0 aromatic heterocycles. The van der Waals surface area contributed by atoms with Crippen molar-refractivity contribution in [3.63, 3.8) is 0 Å². The summed E-state index contributed by atoms with van der Waals surface area (Å²) in [4.78, 5) is 12.4. The second-order valence-corrected chi connectivity index (χ2v) is 15.3. The van der Waals surface area contributed by atoms with Gasteiger partial charge in [0.15, 0.2) is 0 Å². The third kappa shape index (κ3) is 35.2. The zero-order valence-electron chi connectivity index (χ0n) is 32.6. The molecule has 0 heterocycles. The van der Waals surface area contributed by atoms with Crippen LogP contribution >= 0.6 is 0 Å². The Balaban J connectivity index is 3.53. The van der Waals surface area contributed by atoms with Gasteiger partial charge in [0, 0.05) is 0 Å². The normalized spacial score (nSPS) is 13.5. The van der Waals surface area contributed by atoms with Crippen LogP contribution in [-0.2, 0) is 4.79 Å². The Bertz CT molecular complexity index is 630. The summed E-state index contributed by atoms with van der Waals surface area (Å²) >= 11 is 0. The van der Waals surface area contributed by atoms with Crippen LogP contribution in [0.4, 0.5) is 0 Å². The van der Waals surface area contributed by atoms with E-state index >= 15 is 0 Å². The molecule has 0 aliphatic heterocycles. The Morgan fingerprint density at radius 2 is 0.708 bits per heavy atom. The lowest BCUT2D eigenvalue weighted by Crippen LogP contribution is -2.46. The molecule has 0 aromatic rings. The average Bonchev–Trinajstić information content (AvgIpc) is 3.08. The van der Waals surface area contributed by atoms with Gasteiger partial charge in [-0.15, -0.1) is 0 Å². The molecule has 0 saturated heterocycles. The smallest absolute Gasteiger partial charge is 0.222 e. The minimum Gasteiger partial charge on any atom is -0.394 e. The van der Waals surface area contributed by atoms with E-state index in [1.807, 2.05) is 0 Å². The maximum atomic E-state index is 12.4. The molecule has 0 radical (unpaired) electrons. The summed E-state index contributed by atoms with van der Waals surface area (Å²) in [5, 5.41) is 33.3. The van der Waals surface area contributed by atoms with Gasteiger partial charge < -0.3 is 20.6 Å². The highest BCUT2D eigenvalue weighted by Crippen LogP contribution is 2.17. The fraction of sp³-hybridized carbons (Fsp3) is 0.977. The summed E-state index contributed by atoms with van der Waals surface area (Å²) in [6.45, 7) is 4.26. The van der Waals surface area contributed by atoms with Crippen LogP contribution in [-0.4, -0.2) is 46.1 Å². The number of nitrogens with one attached hydrogen (secondary N) is 1. The Morgan fingerprint density at radius 1 is 0.438 bits per heavy atom. The topological polar surface area (TPSA) is 89.8 Å². The van der Waals surface area contributed by atoms with Crippen LogP contribution in [0.2, 0.25) is 0 Å². The first-order chi connectivity index (χ1) is 23.5. The zero-order valence-corrected chi connectivity index (χ0v) is 32.6. The van der Waals surface area contributed by atoms with Crippen molar-refractivity contribution in [1.82, 2.24) is 5.32 Å². The number of unbranched alkanes of at least 4 members (excludes halogenated alkanes) is 31. The van der Waals surface area contributed by atoms with E-state index in [1.54, 1.807) is 0 Å². The quantitative estimate of drug-likeness (QED) is 0.0485. The Hall–Kier alpha value is -0.650. The highest BCUT2D eigenvalue weighted by Gasteiger charge is 2.21. The first-order valence-electron chi connectivity index (χ1n) is 21.8. The summed E-state index contributed by atoms with van der Waals surface area (Å²) in [5.74, 6) is -0.281. The average molecular weight is 682 g/mol.